The summed E-state index contributed by atoms with van der Waals surface area (Å²) in [6.45, 7) is 1.32. The van der Waals surface area contributed by atoms with Gasteiger partial charge in [0.05, 0.1) is 12.6 Å². The van der Waals surface area contributed by atoms with Gasteiger partial charge in [-0.25, -0.2) is 0 Å². The van der Waals surface area contributed by atoms with Crippen LogP contribution < -0.4 is 5.32 Å². The molecule has 0 aromatic rings. The fourth-order valence-electron chi connectivity index (χ4n) is 6.21. The molecule has 4 aliphatic carbocycles. The first-order valence-electron chi connectivity index (χ1n) is 9.06. The number of ether oxygens (including phenoxy) is 2. The molecule has 1 heterocycles. The summed E-state index contributed by atoms with van der Waals surface area (Å²) in [5.41, 5.74) is 0.326. The van der Waals surface area contributed by atoms with E-state index in [1.807, 2.05) is 0 Å². The minimum Gasteiger partial charge on any atom is -0.379 e. The Morgan fingerprint density at radius 1 is 1.18 bits per heavy atom. The zero-order valence-corrected chi connectivity index (χ0v) is 13.7. The smallest absolute Gasteiger partial charge is 0.220 e. The Balaban J connectivity index is 1.37. The Kier molecular flexibility index (Phi) is 3.93. The molecule has 4 heteroatoms. The molecular formula is C18H29NO3. The number of methoxy groups -OCH3 is 1. The van der Waals surface area contributed by atoms with Gasteiger partial charge in [0.15, 0.2) is 0 Å². The van der Waals surface area contributed by atoms with E-state index in [-0.39, 0.29) is 18.1 Å². The van der Waals surface area contributed by atoms with Gasteiger partial charge in [-0.05, 0) is 68.1 Å². The molecule has 0 unspecified atom stereocenters. The summed E-state index contributed by atoms with van der Waals surface area (Å²) in [7, 11) is 1.71. The predicted octanol–water partition coefficient (Wildman–Crippen LogP) is 2.51. The average molecular weight is 307 g/mol. The third-order valence-electron chi connectivity index (χ3n) is 6.65. The van der Waals surface area contributed by atoms with E-state index in [9.17, 15) is 4.79 Å². The third kappa shape index (κ3) is 2.80. The van der Waals surface area contributed by atoms with Crippen molar-refractivity contribution in [3.05, 3.63) is 0 Å². The standard InChI is InChI=1S/C18H29NO3/c1-21-16-11-22-3-2-15(16)19-17(20)10-18-7-12-4-13(8-18)6-14(5-12)9-18/h12-16H,2-11H2,1H3,(H,19,20)/t12?,13?,14?,15-,16-,18?/m0/s1. The lowest BCUT2D eigenvalue weighted by Gasteiger charge is -2.56. The molecule has 1 aliphatic heterocycles. The van der Waals surface area contributed by atoms with E-state index in [0.717, 1.165) is 37.2 Å². The molecule has 0 spiro atoms. The molecule has 0 aromatic carbocycles. The first kappa shape index (κ1) is 14.9. The summed E-state index contributed by atoms with van der Waals surface area (Å²) in [4.78, 5) is 12.6. The van der Waals surface area contributed by atoms with Crippen LogP contribution in [0.4, 0.5) is 0 Å². The van der Waals surface area contributed by atoms with Gasteiger partial charge in [0, 0.05) is 20.1 Å². The first-order valence-corrected chi connectivity index (χ1v) is 9.06. The molecule has 4 nitrogen and oxygen atoms in total. The van der Waals surface area contributed by atoms with Crippen LogP contribution in [0.25, 0.3) is 0 Å². The minimum atomic E-state index is 0.00839. The van der Waals surface area contributed by atoms with Gasteiger partial charge in [0.1, 0.15) is 6.10 Å². The normalized spacial score (nSPS) is 46.7. The third-order valence-corrected chi connectivity index (χ3v) is 6.65. The highest BCUT2D eigenvalue weighted by molar-refractivity contribution is 5.77. The van der Waals surface area contributed by atoms with Gasteiger partial charge in [0.25, 0.3) is 0 Å². The van der Waals surface area contributed by atoms with Gasteiger partial charge in [-0.1, -0.05) is 0 Å². The molecule has 124 valence electrons. The molecular weight excluding hydrogens is 278 g/mol. The second-order valence-corrected chi connectivity index (χ2v) is 8.41. The van der Waals surface area contributed by atoms with Crippen LogP contribution >= 0.6 is 0 Å². The number of hydrogen-bond acceptors (Lipinski definition) is 3. The Hall–Kier alpha value is -0.610. The van der Waals surface area contributed by atoms with Crippen molar-refractivity contribution in [2.24, 2.45) is 23.2 Å². The lowest BCUT2D eigenvalue weighted by atomic mass is 9.49. The van der Waals surface area contributed by atoms with Gasteiger partial charge in [-0.2, -0.15) is 0 Å². The van der Waals surface area contributed by atoms with Crippen molar-refractivity contribution < 1.29 is 14.3 Å². The maximum atomic E-state index is 12.6. The van der Waals surface area contributed by atoms with Crippen molar-refractivity contribution in [2.75, 3.05) is 20.3 Å². The van der Waals surface area contributed by atoms with E-state index >= 15 is 0 Å². The van der Waals surface area contributed by atoms with E-state index in [2.05, 4.69) is 5.32 Å². The molecule has 4 saturated carbocycles. The second kappa shape index (κ2) is 5.79. The highest BCUT2D eigenvalue weighted by atomic mass is 16.5. The van der Waals surface area contributed by atoms with Crippen LogP contribution in [0.1, 0.15) is 51.4 Å². The molecule has 5 rings (SSSR count). The highest BCUT2D eigenvalue weighted by Gasteiger charge is 2.51. The van der Waals surface area contributed by atoms with Crippen molar-refractivity contribution in [2.45, 2.75) is 63.5 Å². The molecule has 4 bridgehead atoms. The van der Waals surface area contributed by atoms with Crippen LogP contribution in [0.3, 0.4) is 0 Å². The van der Waals surface area contributed by atoms with Crippen molar-refractivity contribution in [1.29, 1.82) is 0 Å². The number of hydrogen-bond donors (Lipinski definition) is 1. The van der Waals surface area contributed by atoms with Crippen LogP contribution in [0, 0.1) is 23.2 Å². The molecule has 2 atom stereocenters. The van der Waals surface area contributed by atoms with Crippen LogP contribution in [0.2, 0.25) is 0 Å². The van der Waals surface area contributed by atoms with E-state index in [4.69, 9.17) is 9.47 Å². The Labute approximate surface area is 133 Å². The monoisotopic (exact) mass is 307 g/mol. The number of rotatable bonds is 4. The summed E-state index contributed by atoms with van der Waals surface area (Å²) in [6.07, 6.45) is 9.82. The van der Waals surface area contributed by atoms with Crippen LogP contribution in [0.5, 0.6) is 0 Å². The van der Waals surface area contributed by atoms with Gasteiger partial charge >= 0.3 is 0 Å². The number of nitrogens with one attached hydrogen (secondary N) is 1. The van der Waals surface area contributed by atoms with Crippen LogP contribution in [0.15, 0.2) is 0 Å². The second-order valence-electron chi connectivity index (χ2n) is 8.41. The van der Waals surface area contributed by atoms with E-state index in [0.29, 0.717) is 12.0 Å². The van der Waals surface area contributed by atoms with Crippen molar-refractivity contribution >= 4 is 5.91 Å². The Morgan fingerprint density at radius 2 is 1.82 bits per heavy atom. The molecule has 1 amide bonds. The van der Waals surface area contributed by atoms with Crippen molar-refractivity contribution in [3.63, 3.8) is 0 Å². The van der Waals surface area contributed by atoms with E-state index in [1.165, 1.54) is 38.5 Å². The Morgan fingerprint density at radius 3 is 2.41 bits per heavy atom. The van der Waals surface area contributed by atoms with Crippen molar-refractivity contribution in [3.8, 4) is 0 Å². The van der Waals surface area contributed by atoms with Gasteiger partial charge in [0.2, 0.25) is 5.91 Å². The van der Waals surface area contributed by atoms with E-state index in [1.54, 1.807) is 7.11 Å². The van der Waals surface area contributed by atoms with E-state index < -0.39 is 0 Å². The average Bonchev–Trinajstić information content (AvgIpc) is 2.45. The summed E-state index contributed by atoms with van der Waals surface area (Å²) in [6, 6.07) is 0.125. The summed E-state index contributed by atoms with van der Waals surface area (Å²) in [5, 5.41) is 3.25. The molecule has 0 radical (unpaired) electrons. The zero-order valence-electron chi connectivity index (χ0n) is 13.7. The van der Waals surface area contributed by atoms with Crippen molar-refractivity contribution in [1.82, 2.24) is 5.32 Å². The number of carbonyl (C=O) groups is 1. The fourth-order valence-corrected chi connectivity index (χ4v) is 6.21. The summed E-state index contributed by atoms with van der Waals surface area (Å²) in [5.74, 6) is 2.98. The lowest BCUT2D eigenvalue weighted by Crippen LogP contribution is -2.52. The Bertz CT molecular complexity index is 401. The molecule has 1 N–H and O–H groups in total. The molecule has 1 saturated heterocycles. The van der Waals surface area contributed by atoms with Gasteiger partial charge < -0.3 is 14.8 Å². The zero-order chi connectivity index (χ0) is 15.2. The maximum Gasteiger partial charge on any atom is 0.220 e. The van der Waals surface area contributed by atoms with Crippen LogP contribution in [-0.4, -0.2) is 38.4 Å². The molecule has 5 fully saturated rings. The molecule has 5 aliphatic rings. The topological polar surface area (TPSA) is 47.6 Å². The van der Waals surface area contributed by atoms with Gasteiger partial charge in [-0.3, -0.25) is 4.79 Å². The van der Waals surface area contributed by atoms with Crippen LogP contribution in [-0.2, 0) is 14.3 Å². The minimum absolute atomic E-state index is 0.00839. The highest BCUT2D eigenvalue weighted by Crippen LogP contribution is 2.61. The largest absolute Gasteiger partial charge is 0.379 e. The quantitative estimate of drug-likeness (QED) is 0.868. The molecule has 0 aromatic heterocycles. The number of amides is 1. The predicted molar refractivity (Wildman–Crippen MR) is 83.4 cm³/mol. The summed E-state index contributed by atoms with van der Waals surface area (Å²) >= 11 is 0. The maximum absolute atomic E-state index is 12.6. The number of carbonyl (C=O) groups excluding carboxylic acids is 1. The van der Waals surface area contributed by atoms with Gasteiger partial charge in [-0.15, -0.1) is 0 Å². The SMILES string of the molecule is CO[C@H]1COCC[C@@H]1NC(=O)CC12CC3CC(CC(C3)C1)C2. The first-order chi connectivity index (χ1) is 10.7. The molecule has 22 heavy (non-hydrogen) atoms. The summed E-state index contributed by atoms with van der Waals surface area (Å²) < 4.78 is 10.9. The fraction of sp³-hybridized carbons (Fsp3) is 0.944. The lowest BCUT2D eigenvalue weighted by molar-refractivity contribution is -0.133.